The van der Waals surface area contributed by atoms with E-state index < -0.39 is 5.82 Å². The molecular weight excluding hydrogens is 451 g/mol. The molecular formula is C25H29FN6O3. The number of rotatable bonds is 8. The molecule has 3 aromatic rings. The van der Waals surface area contributed by atoms with Gasteiger partial charge in [-0.05, 0) is 29.7 Å². The van der Waals surface area contributed by atoms with Crippen LogP contribution < -0.4 is 15.0 Å². The molecule has 1 fully saturated rings. The maximum absolute atomic E-state index is 13.8. The van der Waals surface area contributed by atoms with Crippen molar-refractivity contribution < 1.29 is 18.7 Å². The fraction of sp³-hybridized carbons (Fsp3) is 0.400. The number of imidazole rings is 1. The van der Waals surface area contributed by atoms with E-state index in [4.69, 9.17) is 9.47 Å². The molecule has 0 atom stereocenters. The molecule has 0 bridgehead atoms. The van der Waals surface area contributed by atoms with Crippen molar-refractivity contribution in [1.82, 2.24) is 19.4 Å². The molecule has 2 aliphatic rings. The van der Waals surface area contributed by atoms with Crippen molar-refractivity contribution in [3.05, 3.63) is 65.0 Å². The minimum atomic E-state index is -0.523. The molecule has 0 aliphatic carbocycles. The Morgan fingerprint density at radius 2 is 2.00 bits per heavy atom. The second-order valence-electron chi connectivity index (χ2n) is 8.82. The van der Waals surface area contributed by atoms with Crippen molar-refractivity contribution in [2.24, 2.45) is 0 Å². The number of nitrogens with one attached hydrogen (secondary N) is 1. The van der Waals surface area contributed by atoms with Gasteiger partial charge in [0.05, 0.1) is 38.2 Å². The average molecular weight is 481 g/mol. The molecule has 2 aromatic heterocycles. The van der Waals surface area contributed by atoms with Crippen molar-refractivity contribution in [2.75, 3.05) is 51.1 Å². The number of amides is 1. The van der Waals surface area contributed by atoms with Crippen LogP contribution in [0.3, 0.4) is 0 Å². The Balaban J connectivity index is 1.46. The van der Waals surface area contributed by atoms with Crippen LogP contribution in [0.2, 0.25) is 0 Å². The Hall–Kier alpha value is -3.66. The lowest BCUT2D eigenvalue weighted by molar-refractivity contribution is 0.0721. The second-order valence-corrected chi connectivity index (χ2v) is 8.82. The van der Waals surface area contributed by atoms with Crippen molar-refractivity contribution in [3.63, 3.8) is 0 Å². The smallest absolute Gasteiger partial charge is 0.254 e. The van der Waals surface area contributed by atoms with Gasteiger partial charge in [0.2, 0.25) is 5.95 Å². The van der Waals surface area contributed by atoms with Crippen LogP contribution in [0.4, 0.5) is 16.0 Å². The van der Waals surface area contributed by atoms with Gasteiger partial charge in [0.1, 0.15) is 0 Å². The Morgan fingerprint density at radius 1 is 1.17 bits per heavy atom. The van der Waals surface area contributed by atoms with E-state index in [1.807, 2.05) is 23.9 Å². The van der Waals surface area contributed by atoms with Crippen LogP contribution >= 0.6 is 0 Å². The first-order chi connectivity index (χ1) is 17.0. The molecule has 9 nitrogen and oxygen atoms in total. The number of fused-ring (bicyclic) bond motifs is 1. The highest BCUT2D eigenvalue weighted by molar-refractivity contribution is 5.98. The van der Waals surface area contributed by atoms with E-state index in [0.29, 0.717) is 24.3 Å². The summed E-state index contributed by atoms with van der Waals surface area (Å²) < 4.78 is 26.4. The van der Waals surface area contributed by atoms with Gasteiger partial charge in [0.15, 0.2) is 11.6 Å². The maximum atomic E-state index is 13.8. The fourth-order valence-corrected chi connectivity index (χ4v) is 4.76. The average Bonchev–Trinajstić information content (AvgIpc) is 3.28. The summed E-state index contributed by atoms with van der Waals surface area (Å²) in [5.74, 6) is 0.306. The summed E-state index contributed by atoms with van der Waals surface area (Å²) in [4.78, 5) is 26.2. The number of benzene rings is 1. The maximum Gasteiger partial charge on any atom is 0.254 e. The lowest BCUT2D eigenvalue weighted by Crippen LogP contribution is -2.52. The van der Waals surface area contributed by atoms with E-state index in [-0.39, 0.29) is 24.3 Å². The summed E-state index contributed by atoms with van der Waals surface area (Å²) in [6.07, 6.45) is 5.73. The van der Waals surface area contributed by atoms with E-state index in [9.17, 15) is 9.18 Å². The molecule has 1 N–H and O–H groups in total. The molecule has 0 unspecified atom stereocenters. The molecule has 5 rings (SSSR count). The third kappa shape index (κ3) is 4.41. The molecule has 1 aromatic carbocycles. The number of anilines is 2. The third-order valence-electron chi connectivity index (χ3n) is 6.70. The van der Waals surface area contributed by atoms with Crippen LogP contribution in [0.5, 0.6) is 5.75 Å². The van der Waals surface area contributed by atoms with Gasteiger partial charge in [-0.3, -0.25) is 9.78 Å². The zero-order chi connectivity index (χ0) is 24.5. The minimum Gasteiger partial charge on any atom is -0.494 e. The Bertz CT molecular complexity index is 1240. The first kappa shape index (κ1) is 23.1. The number of halogens is 1. The standard InChI is InChI=1S/C25H29FN6O3/c1-27-25-28-5-7-31(25)12-16-8-20-19(22(9-16)32-14-18(15-32)34-2)4-6-30(24(20)33)13-17-10-23(35-3)21(26)11-29-17/h5,7-11,18H,4,6,12-15H2,1-3H3,(H,27,28). The quantitative estimate of drug-likeness (QED) is 0.530. The van der Waals surface area contributed by atoms with Crippen molar-refractivity contribution in [3.8, 4) is 5.75 Å². The Labute approximate surface area is 203 Å². The molecule has 35 heavy (non-hydrogen) atoms. The van der Waals surface area contributed by atoms with E-state index in [1.165, 1.54) is 7.11 Å². The van der Waals surface area contributed by atoms with Gasteiger partial charge in [0, 0.05) is 63.5 Å². The molecule has 0 saturated carbocycles. The fourth-order valence-electron chi connectivity index (χ4n) is 4.76. The number of ether oxygens (including phenoxy) is 2. The van der Waals surface area contributed by atoms with Crippen LogP contribution in [0.25, 0.3) is 0 Å². The highest BCUT2D eigenvalue weighted by atomic mass is 19.1. The molecule has 184 valence electrons. The van der Waals surface area contributed by atoms with Gasteiger partial charge < -0.3 is 29.2 Å². The van der Waals surface area contributed by atoms with Crippen LogP contribution in [-0.4, -0.2) is 72.3 Å². The summed E-state index contributed by atoms with van der Waals surface area (Å²) in [6, 6.07) is 5.71. The number of methoxy groups -OCH3 is 2. The number of carbonyl (C=O) groups excluding carboxylic acids is 1. The number of hydrogen-bond acceptors (Lipinski definition) is 7. The van der Waals surface area contributed by atoms with Crippen LogP contribution in [-0.2, 0) is 24.2 Å². The summed E-state index contributed by atoms with van der Waals surface area (Å²) in [7, 11) is 4.98. The van der Waals surface area contributed by atoms with Crippen LogP contribution in [0.1, 0.15) is 27.2 Å². The molecule has 1 amide bonds. The zero-order valence-corrected chi connectivity index (χ0v) is 20.1. The first-order valence-electron chi connectivity index (χ1n) is 11.6. The van der Waals surface area contributed by atoms with E-state index >= 15 is 0 Å². The molecule has 0 spiro atoms. The summed E-state index contributed by atoms with van der Waals surface area (Å²) in [5, 5.41) is 3.09. The molecule has 10 heteroatoms. The van der Waals surface area contributed by atoms with E-state index in [1.54, 1.807) is 24.3 Å². The van der Waals surface area contributed by atoms with Crippen LogP contribution in [0.15, 0.2) is 36.8 Å². The van der Waals surface area contributed by atoms with Gasteiger partial charge in [-0.15, -0.1) is 0 Å². The van der Waals surface area contributed by atoms with Crippen molar-refractivity contribution in [2.45, 2.75) is 25.6 Å². The summed E-state index contributed by atoms with van der Waals surface area (Å²) >= 11 is 0. The zero-order valence-electron chi connectivity index (χ0n) is 20.1. The predicted octanol–water partition coefficient (Wildman–Crippen LogP) is 2.55. The van der Waals surface area contributed by atoms with Gasteiger partial charge in [-0.2, -0.15) is 0 Å². The predicted molar refractivity (Wildman–Crippen MR) is 130 cm³/mol. The summed E-state index contributed by atoms with van der Waals surface area (Å²) in [5.41, 5.74) is 4.45. The normalized spacial score (nSPS) is 15.7. The molecule has 2 aliphatic heterocycles. The highest BCUT2D eigenvalue weighted by Crippen LogP contribution is 2.34. The highest BCUT2D eigenvalue weighted by Gasteiger charge is 2.33. The van der Waals surface area contributed by atoms with Gasteiger partial charge in [-0.1, -0.05) is 0 Å². The third-order valence-corrected chi connectivity index (χ3v) is 6.70. The monoisotopic (exact) mass is 480 g/mol. The lowest BCUT2D eigenvalue weighted by atomic mass is 9.92. The number of hydrogen-bond donors (Lipinski definition) is 1. The second kappa shape index (κ2) is 9.53. The molecule has 1 saturated heterocycles. The molecule has 0 radical (unpaired) electrons. The SMILES string of the molecule is CNc1nccn1Cc1cc2c(c(N3CC(OC)C3)c1)CCN(Cc1cc(OC)c(F)cn1)C2=O. The number of aromatic nitrogens is 3. The first-order valence-corrected chi connectivity index (χ1v) is 11.6. The van der Waals surface area contributed by atoms with E-state index in [2.05, 4.69) is 26.3 Å². The summed E-state index contributed by atoms with van der Waals surface area (Å²) in [6.45, 7) is 3.04. The van der Waals surface area contributed by atoms with Gasteiger partial charge in [0.25, 0.3) is 5.91 Å². The number of pyridine rings is 1. The van der Waals surface area contributed by atoms with Crippen molar-refractivity contribution >= 4 is 17.5 Å². The Morgan fingerprint density at radius 3 is 2.74 bits per heavy atom. The van der Waals surface area contributed by atoms with Crippen LogP contribution in [0, 0.1) is 5.82 Å². The lowest BCUT2D eigenvalue weighted by Gasteiger charge is -2.42. The largest absolute Gasteiger partial charge is 0.494 e. The number of nitrogens with zero attached hydrogens (tertiary/aromatic N) is 5. The molecule has 4 heterocycles. The number of carbonyl (C=O) groups is 1. The Kier molecular flexibility index (Phi) is 6.29. The van der Waals surface area contributed by atoms with Gasteiger partial charge >= 0.3 is 0 Å². The topological polar surface area (TPSA) is 84.8 Å². The van der Waals surface area contributed by atoms with Gasteiger partial charge in [-0.25, -0.2) is 9.37 Å². The van der Waals surface area contributed by atoms with E-state index in [0.717, 1.165) is 48.5 Å². The van der Waals surface area contributed by atoms with Crippen molar-refractivity contribution in [1.29, 1.82) is 0 Å². The minimum absolute atomic E-state index is 0.0530.